The summed E-state index contributed by atoms with van der Waals surface area (Å²) in [6.07, 6.45) is 4.40. The fourth-order valence-corrected chi connectivity index (χ4v) is 2.36. The van der Waals surface area contributed by atoms with E-state index in [1.165, 1.54) is 5.32 Å². The Morgan fingerprint density at radius 2 is 2.14 bits per heavy atom. The van der Waals surface area contributed by atoms with Crippen LogP contribution in [-0.2, 0) is 5.54 Å². The van der Waals surface area contributed by atoms with E-state index in [1.807, 2.05) is 4.68 Å². The SMILES string of the molecule is C[Si](C)(C)c1cn(C2(CN)CC2)nn1. The number of hydrogen-bond acceptors (Lipinski definition) is 3. The minimum atomic E-state index is -1.31. The van der Waals surface area contributed by atoms with Crippen molar-refractivity contribution in [3.63, 3.8) is 0 Å². The molecule has 0 aromatic carbocycles. The van der Waals surface area contributed by atoms with Crippen LogP contribution in [0.5, 0.6) is 0 Å². The molecule has 0 amide bonds. The maximum atomic E-state index is 5.74. The van der Waals surface area contributed by atoms with Crippen LogP contribution in [-0.4, -0.2) is 29.6 Å². The van der Waals surface area contributed by atoms with E-state index in [1.54, 1.807) is 0 Å². The van der Waals surface area contributed by atoms with Gasteiger partial charge in [0.2, 0.25) is 0 Å². The molecule has 0 saturated heterocycles. The van der Waals surface area contributed by atoms with Gasteiger partial charge in [0.1, 0.15) is 8.07 Å². The molecule has 1 aliphatic carbocycles. The van der Waals surface area contributed by atoms with E-state index >= 15 is 0 Å². The lowest BCUT2D eigenvalue weighted by molar-refractivity contribution is 0.429. The van der Waals surface area contributed by atoms with E-state index in [4.69, 9.17) is 5.73 Å². The Bertz CT molecular complexity index is 335. The lowest BCUT2D eigenvalue weighted by Crippen LogP contribution is -2.39. The maximum absolute atomic E-state index is 5.74. The van der Waals surface area contributed by atoms with Crippen LogP contribution in [0, 0.1) is 0 Å². The van der Waals surface area contributed by atoms with E-state index in [9.17, 15) is 0 Å². The molecule has 1 fully saturated rings. The maximum Gasteiger partial charge on any atom is 0.106 e. The smallest absolute Gasteiger partial charge is 0.106 e. The summed E-state index contributed by atoms with van der Waals surface area (Å²) >= 11 is 0. The Balaban J connectivity index is 2.27. The van der Waals surface area contributed by atoms with Crippen molar-refractivity contribution in [2.75, 3.05) is 6.54 Å². The van der Waals surface area contributed by atoms with Crippen LogP contribution in [0.4, 0.5) is 0 Å². The van der Waals surface area contributed by atoms with Gasteiger partial charge in [0.15, 0.2) is 0 Å². The fourth-order valence-electron chi connectivity index (χ4n) is 1.51. The Hall–Kier alpha value is -0.683. The minimum absolute atomic E-state index is 0.116. The van der Waals surface area contributed by atoms with Gasteiger partial charge in [0.25, 0.3) is 0 Å². The Morgan fingerprint density at radius 3 is 2.50 bits per heavy atom. The van der Waals surface area contributed by atoms with E-state index in [0.29, 0.717) is 6.54 Å². The van der Waals surface area contributed by atoms with Crippen LogP contribution < -0.4 is 11.1 Å². The van der Waals surface area contributed by atoms with Crippen molar-refractivity contribution >= 4 is 13.4 Å². The molecule has 14 heavy (non-hydrogen) atoms. The second kappa shape index (κ2) is 2.90. The van der Waals surface area contributed by atoms with Crippen LogP contribution in [0.25, 0.3) is 0 Å². The van der Waals surface area contributed by atoms with Gasteiger partial charge in [-0.2, -0.15) is 0 Å². The highest BCUT2D eigenvalue weighted by molar-refractivity contribution is 6.88. The van der Waals surface area contributed by atoms with Gasteiger partial charge < -0.3 is 5.73 Å². The molecule has 5 heteroatoms. The van der Waals surface area contributed by atoms with Gasteiger partial charge in [0.05, 0.1) is 10.9 Å². The van der Waals surface area contributed by atoms with Crippen molar-refractivity contribution in [2.24, 2.45) is 5.73 Å². The van der Waals surface area contributed by atoms with Crippen molar-refractivity contribution in [3.8, 4) is 0 Å². The van der Waals surface area contributed by atoms with Gasteiger partial charge >= 0.3 is 0 Å². The van der Waals surface area contributed by atoms with E-state index in [0.717, 1.165) is 12.8 Å². The molecule has 2 N–H and O–H groups in total. The average molecular weight is 210 g/mol. The van der Waals surface area contributed by atoms with Crippen molar-refractivity contribution in [1.29, 1.82) is 0 Å². The van der Waals surface area contributed by atoms with Gasteiger partial charge in [-0.25, -0.2) is 4.68 Å². The quantitative estimate of drug-likeness (QED) is 0.729. The highest BCUT2D eigenvalue weighted by Crippen LogP contribution is 2.41. The van der Waals surface area contributed by atoms with Gasteiger partial charge in [-0.1, -0.05) is 24.9 Å². The molecule has 1 saturated carbocycles. The first-order valence-electron chi connectivity index (χ1n) is 5.11. The summed E-state index contributed by atoms with van der Waals surface area (Å²) in [5.41, 5.74) is 5.86. The van der Waals surface area contributed by atoms with Gasteiger partial charge in [0, 0.05) is 12.7 Å². The summed E-state index contributed by atoms with van der Waals surface area (Å²) in [7, 11) is -1.31. The van der Waals surface area contributed by atoms with Crippen LogP contribution in [0.2, 0.25) is 19.6 Å². The molecule has 1 heterocycles. The van der Waals surface area contributed by atoms with Gasteiger partial charge in [-0.05, 0) is 12.8 Å². The first kappa shape index (κ1) is 9.86. The van der Waals surface area contributed by atoms with Crippen molar-refractivity contribution in [2.45, 2.75) is 38.0 Å². The Morgan fingerprint density at radius 1 is 1.50 bits per heavy atom. The number of nitrogens with two attached hydrogens (primary N) is 1. The standard InChI is InChI=1S/C9H18N4Si/c1-14(2,3)8-6-13(12-11-8)9(7-10)4-5-9/h6H,4-5,7,10H2,1-3H3. The zero-order valence-corrected chi connectivity index (χ0v) is 10.1. The summed E-state index contributed by atoms with van der Waals surface area (Å²) in [4.78, 5) is 0. The van der Waals surface area contributed by atoms with E-state index in [-0.39, 0.29) is 5.54 Å². The molecule has 1 aromatic heterocycles. The number of nitrogens with zero attached hydrogens (tertiary/aromatic N) is 3. The number of aromatic nitrogens is 3. The predicted octanol–water partition coefficient (Wildman–Crippen LogP) is 0.271. The third-order valence-electron chi connectivity index (χ3n) is 2.95. The highest BCUT2D eigenvalue weighted by atomic mass is 28.3. The molecule has 4 nitrogen and oxygen atoms in total. The lowest BCUT2D eigenvalue weighted by atomic mass is 10.3. The highest BCUT2D eigenvalue weighted by Gasteiger charge is 2.44. The van der Waals surface area contributed by atoms with E-state index in [2.05, 4.69) is 36.1 Å². The summed E-state index contributed by atoms with van der Waals surface area (Å²) in [6, 6.07) is 0. The molecule has 0 atom stereocenters. The molecule has 1 aromatic rings. The van der Waals surface area contributed by atoms with E-state index < -0.39 is 8.07 Å². The molecule has 0 radical (unpaired) electrons. The summed E-state index contributed by atoms with van der Waals surface area (Å²) < 4.78 is 1.99. The second-order valence-electron chi connectivity index (χ2n) is 5.23. The van der Waals surface area contributed by atoms with Crippen molar-refractivity contribution in [1.82, 2.24) is 15.0 Å². The molecular weight excluding hydrogens is 192 g/mol. The summed E-state index contributed by atoms with van der Waals surface area (Å²) in [5.74, 6) is 0. The second-order valence-corrected chi connectivity index (χ2v) is 10.2. The zero-order chi connectivity index (χ0) is 10.4. The van der Waals surface area contributed by atoms with Crippen molar-refractivity contribution in [3.05, 3.63) is 6.20 Å². The first-order valence-corrected chi connectivity index (χ1v) is 8.61. The lowest BCUT2D eigenvalue weighted by Gasteiger charge is -2.13. The predicted molar refractivity (Wildman–Crippen MR) is 59.3 cm³/mol. The zero-order valence-electron chi connectivity index (χ0n) is 9.12. The normalized spacial score (nSPS) is 19.7. The van der Waals surface area contributed by atoms with Crippen LogP contribution in [0.15, 0.2) is 6.20 Å². The molecule has 0 aliphatic heterocycles. The van der Waals surface area contributed by atoms with Crippen molar-refractivity contribution < 1.29 is 0 Å². The monoisotopic (exact) mass is 210 g/mol. The third kappa shape index (κ3) is 1.50. The largest absolute Gasteiger partial charge is 0.328 e. The number of rotatable bonds is 3. The van der Waals surface area contributed by atoms with Crippen LogP contribution >= 0.6 is 0 Å². The molecule has 78 valence electrons. The summed E-state index contributed by atoms with van der Waals surface area (Å²) in [5, 5.41) is 9.65. The average Bonchev–Trinajstić information content (AvgIpc) is 2.73. The Labute approximate surface area is 85.5 Å². The number of hydrogen-bond donors (Lipinski definition) is 1. The molecule has 1 aliphatic rings. The fraction of sp³-hybridized carbons (Fsp3) is 0.778. The first-order chi connectivity index (χ1) is 6.48. The molecule has 0 unspecified atom stereocenters. The molecule has 0 spiro atoms. The molecular formula is C9H18N4Si. The van der Waals surface area contributed by atoms with Crippen LogP contribution in [0.3, 0.4) is 0 Å². The van der Waals surface area contributed by atoms with Gasteiger partial charge in [-0.15, -0.1) is 5.10 Å². The topological polar surface area (TPSA) is 56.7 Å². The molecule has 0 bridgehead atoms. The minimum Gasteiger partial charge on any atom is -0.328 e. The third-order valence-corrected chi connectivity index (χ3v) is 4.72. The Kier molecular flexibility index (Phi) is 2.04. The summed E-state index contributed by atoms with van der Waals surface area (Å²) in [6.45, 7) is 7.53. The molecule has 2 rings (SSSR count). The van der Waals surface area contributed by atoms with Crippen LogP contribution in [0.1, 0.15) is 12.8 Å². The van der Waals surface area contributed by atoms with Gasteiger partial charge in [-0.3, -0.25) is 0 Å².